The van der Waals surface area contributed by atoms with Gasteiger partial charge in [0.1, 0.15) is 0 Å². The third-order valence-electron chi connectivity index (χ3n) is 4.08. The smallest absolute Gasteiger partial charge is 0.231 e. The molecule has 0 bridgehead atoms. The highest BCUT2D eigenvalue weighted by Gasteiger charge is 2.11. The van der Waals surface area contributed by atoms with Crippen LogP contribution in [0.2, 0.25) is 0 Å². The van der Waals surface area contributed by atoms with Gasteiger partial charge in [-0.25, -0.2) is 4.98 Å². The van der Waals surface area contributed by atoms with Crippen LogP contribution in [0.15, 0.2) is 53.3 Å². The minimum absolute atomic E-state index is 0.0929. The topological polar surface area (TPSA) is 85.8 Å². The van der Waals surface area contributed by atoms with Gasteiger partial charge in [-0.15, -0.1) is 0 Å². The number of anilines is 1. The van der Waals surface area contributed by atoms with Gasteiger partial charge in [0.25, 0.3) is 0 Å². The van der Waals surface area contributed by atoms with E-state index in [9.17, 15) is 4.79 Å². The second-order valence-corrected chi connectivity index (χ2v) is 6.13. The number of aromatic nitrogens is 4. The van der Waals surface area contributed by atoms with Crippen molar-refractivity contribution >= 4 is 22.6 Å². The summed E-state index contributed by atoms with van der Waals surface area (Å²) in [7, 11) is 1.95. The van der Waals surface area contributed by atoms with Crippen molar-refractivity contribution in [3.63, 3.8) is 0 Å². The number of aryl methyl sites for hydroxylation is 1. The highest BCUT2D eigenvalue weighted by Crippen LogP contribution is 2.22. The first-order valence-electron chi connectivity index (χ1n) is 8.19. The Morgan fingerprint density at radius 1 is 1.19 bits per heavy atom. The zero-order chi connectivity index (χ0) is 18.1. The van der Waals surface area contributed by atoms with E-state index in [1.54, 1.807) is 6.33 Å². The maximum Gasteiger partial charge on any atom is 0.231 e. The average Bonchev–Trinajstić information content (AvgIpc) is 3.23. The Hall–Kier alpha value is -3.48. The molecule has 0 saturated heterocycles. The lowest BCUT2D eigenvalue weighted by Gasteiger charge is -2.02. The lowest BCUT2D eigenvalue weighted by molar-refractivity contribution is -0.114. The minimum Gasteiger partial charge on any atom is -0.339 e. The molecule has 0 atom stereocenters. The van der Waals surface area contributed by atoms with Crippen molar-refractivity contribution in [1.29, 1.82) is 0 Å². The molecule has 0 fully saturated rings. The number of nitrogens with one attached hydrogen (secondary N) is 1. The quantitative estimate of drug-likeness (QED) is 0.613. The predicted molar refractivity (Wildman–Crippen MR) is 97.6 cm³/mol. The van der Waals surface area contributed by atoms with Gasteiger partial charge in [-0.2, -0.15) is 4.98 Å². The zero-order valence-corrected chi connectivity index (χ0v) is 14.4. The fourth-order valence-electron chi connectivity index (χ4n) is 2.79. The van der Waals surface area contributed by atoms with E-state index in [1.807, 2.05) is 54.1 Å². The minimum atomic E-state index is -0.0929. The van der Waals surface area contributed by atoms with Crippen LogP contribution >= 0.6 is 0 Å². The standard InChI is InChI=1S/C19H17N5O2/c1-12(25)21-15-6-3-13(4-7-15)9-18-22-19(23-26-18)14-5-8-16-17(10-14)24(2)11-20-16/h3-8,10-11H,9H2,1-2H3,(H,21,25). The number of carbonyl (C=O) groups excluding carboxylic acids is 1. The van der Waals surface area contributed by atoms with Gasteiger partial charge in [-0.1, -0.05) is 17.3 Å². The second kappa shape index (κ2) is 6.44. The number of nitrogens with zero attached hydrogens (tertiary/aromatic N) is 4. The van der Waals surface area contributed by atoms with Crippen LogP contribution in [-0.2, 0) is 18.3 Å². The van der Waals surface area contributed by atoms with Gasteiger partial charge >= 0.3 is 0 Å². The third-order valence-corrected chi connectivity index (χ3v) is 4.08. The summed E-state index contributed by atoms with van der Waals surface area (Å²) in [4.78, 5) is 19.9. The van der Waals surface area contributed by atoms with Crippen molar-refractivity contribution in [1.82, 2.24) is 19.7 Å². The fraction of sp³-hybridized carbons (Fsp3) is 0.158. The summed E-state index contributed by atoms with van der Waals surface area (Å²) in [6, 6.07) is 13.4. The van der Waals surface area contributed by atoms with Crippen molar-refractivity contribution in [3.8, 4) is 11.4 Å². The van der Waals surface area contributed by atoms with Crippen LogP contribution in [0.4, 0.5) is 5.69 Å². The summed E-state index contributed by atoms with van der Waals surface area (Å²) in [6.45, 7) is 1.48. The number of carbonyl (C=O) groups is 1. The normalized spacial score (nSPS) is 11.0. The third kappa shape index (κ3) is 3.19. The van der Waals surface area contributed by atoms with Crippen LogP contribution in [0.5, 0.6) is 0 Å². The second-order valence-electron chi connectivity index (χ2n) is 6.13. The van der Waals surface area contributed by atoms with E-state index >= 15 is 0 Å². The van der Waals surface area contributed by atoms with Gasteiger partial charge in [-0.05, 0) is 35.9 Å². The molecule has 0 saturated carbocycles. The first kappa shape index (κ1) is 16.0. The molecule has 4 aromatic rings. The molecular weight excluding hydrogens is 330 g/mol. The van der Waals surface area contributed by atoms with E-state index in [-0.39, 0.29) is 5.91 Å². The van der Waals surface area contributed by atoms with Gasteiger partial charge in [0, 0.05) is 25.2 Å². The van der Waals surface area contributed by atoms with E-state index < -0.39 is 0 Å². The largest absolute Gasteiger partial charge is 0.339 e. The lowest BCUT2D eigenvalue weighted by Crippen LogP contribution is -2.05. The lowest BCUT2D eigenvalue weighted by atomic mass is 10.1. The number of benzene rings is 2. The van der Waals surface area contributed by atoms with Crippen LogP contribution < -0.4 is 5.32 Å². The molecular formula is C19H17N5O2. The first-order valence-corrected chi connectivity index (χ1v) is 8.19. The molecule has 4 rings (SSSR count). The van der Waals surface area contributed by atoms with Crippen LogP contribution in [0.3, 0.4) is 0 Å². The number of rotatable bonds is 4. The summed E-state index contributed by atoms with van der Waals surface area (Å²) in [5, 5.41) is 6.83. The van der Waals surface area contributed by atoms with Crippen LogP contribution in [0.25, 0.3) is 22.4 Å². The van der Waals surface area contributed by atoms with E-state index in [4.69, 9.17) is 4.52 Å². The fourth-order valence-corrected chi connectivity index (χ4v) is 2.79. The molecule has 2 aromatic carbocycles. The molecule has 26 heavy (non-hydrogen) atoms. The number of imidazole rings is 1. The van der Waals surface area contributed by atoms with Crippen molar-refractivity contribution in [2.75, 3.05) is 5.32 Å². The predicted octanol–water partition coefficient (Wildman–Crippen LogP) is 3.17. The molecule has 2 heterocycles. The number of hydrogen-bond acceptors (Lipinski definition) is 5. The van der Waals surface area contributed by atoms with Gasteiger partial charge in [0.05, 0.1) is 23.8 Å². The van der Waals surface area contributed by atoms with Gasteiger partial charge < -0.3 is 14.4 Å². The van der Waals surface area contributed by atoms with Crippen molar-refractivity contribution in [2.24, 2.45) is 7.05 Å². The molecule has 7 nitrogen and oxygen atoms in total. The number of amides is 1. The Labute approximate surface area is 149 Å². The van der Waals surface area contributed by atoms with Crippen molar-refractivity contribution < 1.29 is 9.32 Å². The van der Waals surface area contributed by atoms with Crippen LogP contribution in [-0.4, -0.2) is 25.6 Å². The summed E-state index contributed by atoms with van der Waals surface area (Å²) >= 11 is 0. The molecule has 0 unspecified atom stereocenters. The Morgan fingerprint density at radius 2 is 2.00 bits per heavy atom. The van der Waals surface area contributed by atoms with Gasteiger partial charge in [0.15, 0.2) is 0 Å². The first-order chi connectivity index (χ1) is 12.6. The highest BCUT2D eigenvalue weighted by molar-refractivity contribution is 5.88. The zero-order valence-electron chi connectivity index (χ0n) is 14.4. The summed E-state index contributed by atoms with van der Waals surface area (Å²) in [5.41, 5.74) is 4.62. The summed E-state index contributed by atoms with van der Waals surface area (Å²) < 4.78 is 7.34. The average molecular weight is 347 g/mol. The van der Waals surface area contributed by atoms with Crippen molar-refractivity contribution in [2.45, 2.75) is 13.3 Å². The van der Waals surface area contributed by atoms with Gasteiger partial charge in [0.2, 0.25) is 17.6 Å². The van der Waals surface area contributed by atoms with Crippen LogP contribution in [0.1, 0.15) is 18.4 Å². The molecule has 0 aliphatic carbocycles. The van der Waals surface area contributed by atoms with E-state index in [0.29, 0.717) is 18.1 Å². The highest BCUT2D eigenvalue weighted by atomic mass is 16.5. The Bertz CT molecular complexity index is 1080. The van der Waals surface area contributed by atoms with E-state index in [0.717, 1.165) is 27.8 Å². The monoisotopic (exact) mass is 347 g/mol. The number of hydrogen-bond donors (Lipinski definition) is 1. The molecule has 1 amide bonds. The van der Waals surface area contributed by atoms with E-state index in [1.165, 1.54) is 6.92 Å². The number of fused-ring (bicyclic) bond motifs is 1. The SMILES string of the molecule is CC(=O)Nc1ccc(Cc2nc(-c3ccc4ncn(C)c4c3)no2)cc1. The summed E-state index contributed by atoms with van der Waals surface area (Å²) in [5.74, 6) is 1.00. The molecule has 130 valence electrons. The Balaban J connectivity index is 1.53. The molecule has 0 radical (unpaired) electrons. The van der Waals surface area contributed by atoms with Crippen molar-refractivity contribution in [3.05, 3.63) is 60.2 Å². The molecule has 0 spiro atoms. The van der Waals surface area contributed by atoms with Crippen LogP contribution in [0, 0.1) is 0 Å². The van der Waals surface area contributed by atoms with E-state index in [2.05, 4.69) is 20.4 Å². The Kier molecular flexibility index (Phi) is 3.96. The molecule has 1 N–H and O–H groups in total. The molecule has 0 aliphatic heterocycles. The maximum atomic E-state index is 11.1. The summed E-state index contributed by atoms with van der Waals surface area (Å²) in [6.07, 6.45) is 2.31. The maximum absolute atomic E-state index is 11.1. The molecule has 7 heteroatoms. The van der Waals surface area contributed by atoms with Gasteiger partial charge in [-0.3, -0.25) is 4.79 Å². The molecule has 2 aromatic heterocycles. The Morgan fingerprint density at radius 3 is 2.77 bits per heavy atom. The molecule has 0 aliphatic rings.